The molecular formula is C14H19N5O3. The first kappa shape index (κ1) is 15.7. The van der Waals surface area contributed by atoms with Crippen LogP contribution in [-0.4, -0.2) is 43.1 Å². The zero-order valence-corrected chi connectivity index (χ0v) is 12.6. The average Bonchev–Trinajstić information content (AvgIpc) is 3.01. The molecule has 0 saturated carbocycles. The lowest BCUT2D eigenvalue weighted by atomic mass is 10.3. The quantitative estimate of drug-likeness (QED) is 0.729. The van der Waals surface area contributed by atoms with Crippen LogP contribution in [0.2, 0.25) is 0 Å². The van der Waals surface area contributed by atoms with Crippen LogP contribution in [0, 0.1) is 13.8 Å². The van der Waals surface area contributed by atoms with E-state index in [1.54, 1.807) is 0 Å². The molecule has 0 unspecified atom stereocenters. The number of aryl methyl sites for hydroxylation is 3. The second-order valence-corrected chi connectivity index (χ2v) is 5.03. The van der Waals surface area contributed by atoms with Crippen LogP contribution in [0.3, 0.4) is 0 Å². The zero-order valence-electron chi connectivity index (χ0n) is 12.6. The van der Waals surface area contributed by atoms with Crippen molar-refractivity contribution in [3.63, 3.8) is 0 Å². The Morgan fingerprint density at radius 3 is 2.73 bits per heavy atom. The van der Waals surface area contributed by atoms with E-state index in [0.717, 1.165) is 24.4 Å². The molecule has 0 fully saturated rings. The van der Waals surface area contributed by atoms with Crippen LogP contribution in [0.25, 0.3) is 0 Å². The summed E-state index contributed by atoms with van der Waals surface area (Å²) < 4.78 is 3.07. The fourth-order valence-corrected chi connectivity index (χ4v) is 2.19. The molecule has 118 valence electrons. The van der Waals surface area contributed by atoms with Crippen LogP contribution in [0.1, 0.15) is 28.3 Å². The molecule has 22 heavy (non-hydrogen) atoms. The number of rotatable bonds is 7. The summed E-state index contributed by atoms with van der Waals surface area (Å²) in [5, 5.41) is 19.9. The Hall–Kier alpha value is -2.64. The Kier molecular flexibility index (Phi) is 4.92. The fourth-order valence-electron chi connectivity index (χ4n) is 2.19. The molecule has 0 saturated heterocycles. The lowest BCUT2D eigenvalue weighted by Gasteiger charge is -2.08. The first-order valence-electron chi connectivity index (χ1n) is 7.00. The van der Waals surface area contributed by atoms with Gasteiger partial charge in [0, 0.05) is 25.0 Å². The van der Waals surface area contributed by atoms with E-state index < -0.39 is 5.97 Å². The average molecular weight is 305 g/mol. The maximum atomic E-state index is 11.8. The van der Waals surface area contributed by atoms with Crippen molar-refractivity contribution in [3.05, 3.63) is 35.4 Å². The molecule has 0 aromatic carbocycles. The molecule has 0 aliphatic carbocycles. The molecule has 1 amide bonds. The fraction of sp³-hybridized carbons (Fsp3) is 0.429. The van der Waals surface area contributed by atoms with Crippen molar-refractivity contribution in [3.8, 4) is 0 Å². The highest BCUT2D eigenvalue weighted by atomic mass is 16.4. The van der Waals surface area contributed by atoms with Crippen LogP contribution < -0.4 is 5.32 Å². The maximum Gasteiger partial charge on any atom is 0.354 e. The third-order valence-electron chi connectivity index (χ3n) is 3.20. The summed E-state index contributed by atoms with van der Waals surface area (Å²) in [4.78, 5) is 22.7. The summed E-state index contributed by atoms with van der Waals surface area (Å²) in [6, 6.07) is 3.36. The van der Waals surface area contributed by atoms with E-state index in [4.69, 9.17) is 5.11 Å². The van der Waals surface area contributed by atoms with Crippen molar-refractivity contribution in [2.45, 2.75) is 33.4 Å². The number of carboxylic acids is 1. The largest absolute Gasteiger partial charge is 0.477 e. The molecule has 8 nitrogen and oxygen atoms in total. The molecular weight excluding hydrogens is 286 g/mol. The van der Waals surface area contributed by atoms with Gasteiger partial charge in [-0.1, -0.05) is 0 Å². The normalized spacial score (nSPS) is 10.6. The van der Waals surface area contributed by atoms with Gasteiger partial charge in [-0.2, -0.15) is 10.2 Å². The lowest BCUT2D eigenvalue weighted by Crippen LogP contribution is -2.30. The predicted molar refractivity (Wildman–Crippen MR) is 78.5 cm³/mol. The van der Waals surface area contributed by atoms with Gasteiger partial charge < -0.3 is 10.4 Å². The van der Waals surface area contributed by atoms with Crippen LogP contribution in [0.5, 0.6) is 0 Å². The number of aromatic nitrogens is 4. The second kappa shape index (κ2) is 6.88. The van der Waals surface area contributed by atoms with E-state index >= 15 is 0 Å². The number of nitrogens with zero attached hydrogens (tertiary/aromatic N) is 4. The first-order chi connectivity index (χ1) is 10.5. The molecule has 0 atom stereocenters. The topological polar surface area (TPSA) is 102 Å². The minimum atomic E-state index is -1.10. The minimum absolute atomic E-state index is 0.00205. The van der Waals surface area contributed by atoms with E-state index in [0.29, 0.717) is 6.54 Å². The highest BCUT2D eigenvalue weighted by Gasteiger charge is 2.12. The number of hydrogen-bond donors (Lipinski definition) is 2. The Morgan fingerprint density at radius 2 is 2.09 bits per heavy atom. The molecule has 2 heterocycles. The Balaban J connectivity index is 1.75. The van der Waals surface area contributed by atoms with Crippen molar-refractivity contribution < 1.29 is 14.7 Å². The maximum absolute atomic E-state index is 11.8. The number of hydrogen-bond acceptors (Lipinski definition) is 4. The number of nitrogens with one attached hydrogen (secondary N) is 1. The molecule has 0 aliphatic rings. The van der Waals surface area contributed by atoms with Gasteiger partial charge in [0.05, 0.1) is 5.69 Å². The summed E-state index contributed by atoms with van der Waals surface area (Å²) in [6.45, 7) is 5.05. The van der Waals surface area contributed by atoms with E-state index in [9.17, 15) is 9.59 Å². The first-order valence-corrected chi connectivity index (χ1v) is 7.00. The van der Waals surface area contributed by atoms with Gasteiger partial charge in [-0.05, 0) is 32.4 Å². The molecule has 0 bridgehead atoms. The zero-order chi connectivity index (χ0) is 16.1. The monoisotopic (exact) mass is 305 g/mol. The highest BCUT2D eigenvalue weighted by molar-refractivity contribution is 5.86. The Bertz CT molecular complexity index is 674. The van der Waals surface area contributed by atoms with Gasteiger partial charge in [0.25, 0.3) is 0 Å². The van der Waals surface area contributed by atoms with Crippen LogP contribution in [-0.2, 0) is 17.9 Å². The Morgan fingerprint density at radius 1 is 1.32 bits per heavy atom. The minimum Gasteiger partial charge on any atom is -0.477 e. The lowest BCUT2D eigenvalue weighted by molar-refractivity contribution is -0.121. The predicted octanol–water partition coefficient (Wildman–Crippen LogP) is 0.601. The third-order valence-corrected chi connectivity index (χ3v) is 3.20. The summed E-state index contributed by atoms with van der Waals surface area (Å²) in [7, 11) is 0. The number of carbonyl (C=O) groups excluding carboxylic acids is 1. The van der Waals surface area contributed by atoms with Gasteiger partial charge in [0.2, 0.25) is 5.91 Å². The summed E-state index contributed by atoms with van der Waals surface area (Å²) >= 11 is 0. The van der Waals surface area contributed by atoms with Crippen LogP contribution in [0.4, 0.5) is 0 Å². The standard InChI is InChI=1S/C14H19N5O3/c1-10-8-11(2)18(17-10)7-3-5-15-13(20)9-19-12(14(21)22)4-6-16-19/h4,6,8H,3,5,7,9H2,1-2H3,(H,15,20)(H,21,22). The molecule has 0 spiro atoms. The van der Waals surface area contributed by atoms with Gasteiger partial charge >= 0.3 is 5.97 Å². The Labute approximate surface area is 127 Å². The second-order valence-electron chi connectivity index (χ2n) is 5.03. The number of carboxylic acid groups (broad SMARTS) is 1. The smallest absolute Gasteiger partial charge is 0.354 e. The third kappa shape index (κ3) is 3.94. The summed E-state index contributed by atoms with van der Waals surface area (Å²) in [5.74, 6) is -1.37. The van der Waals surface area contributed by atoms with E-state index in [1.165, 1.54) is 16.9 Å². The molecule has 8 heteroatoms. The number of aromatic carboxylic acids is 1. The van der Waals surface area contributed by atoms with Gasteiger partial charge in [0.1, 0.15) is 12.2 Å². The van der Waals surface area contributed by atoms with Crippen molar-refractivity contribution in [1.29, 1.82) is 0 Å². The van der Waals surface area contributed by atoms with Crippen molar-refractivity contribution >= 4 is 11.9 Å². The van der Waals surface area contributed by atoms with Crippen LogP contribution >= 0.6 is 0 Å². The van der Waals surface area contributed by atoms with Gasteiger partial charge in [-0.15, -0.1) is 0 Å². The van der Waals surface area contributed by atoms with Gasteiger partial charge in [0.15, 0.2) is 0 Å². The van der Waals surface area contributed by atoms with E-state index in [1.807, 2.05) is 24.6 Å². The molecule has 0 aliphatic heterocycles. The number of amides is 1. The summed E-state index contributed by atoms with van der Waals surface area (Å²) in [5.41, 5.74) is 2.06. The van der Waals surface area contributed by atoms with Gasteiger partial charge in [-0.3, -0.25) is 9.48 Å². The van der Waals surface area contributed by atoms with Crippen molar-refractivity contribution in [2.75, 3.05) is 6.54 Å². The van der Waals surface area contributed by atoms with E-state index in [2.05, 4.69) is 15.5 Å². The molecule has 2 rings (SSSR count). The molecule has 2 aromatic heterocycles. The summed E-state index contributed by atoms with van der Waals surface area (Å²) in [6.07, 6.45) is 2.11. The molecule has 0 radical (unpaired) electrons. The van der Waals surface area contributed by atoms with Crippen molar-refractivity contribution in [1.82, 2.24) is 24.9 Å². The van der Waals surface area contributed by atoms with Gasteiger partial charge in [-0.25, -0.2) is 9.48 Å². The van der Waals surface area contributed by atoms with Crippen molar-refractivity contribution in [2.24, 2.45) is 0 Å². The number of carbonyl (C=O) groups is 2. The molecule has 2 N–H and O–H groups in total. The SMILES string of the molecule is Cc1cc(C)n(CCCNC(=O)Cn2nccc2C(=O)O)n1. The molecule has 2 aromatic rings. The highest BCUT2D eigenvalue weighted by Crippen LogP contribution is 2.02. The van der Waals surface area contributed by atoms with E-state index in [-0.39, 0.29) is 18.1 Å². The van der Waals surface area contributed by atoms with Crippen LogP contribution in [0.15, 0.2) is 18.3 Å².